The van der Waals surface area contributed by atoms with Gasteiger partial charge in [-0.3, -0.25) is 9.59 Å². The number of rotatable bonds is 6. The molecule has 0 unspecified atom stereocenters. The van der Waals surface area contributed by atoms with Crippen LogP contribution in [0.5, 0.6) is 0 Å². The van der Waals surface area contributed by atoms with E-state index in [0.29, 0.717) is 13.0 Å². The number of hydrogen-bond acceptors (Lipinski definition) is 6. The predicted octanol–water partition coefficient (Wildman–Crippen LogP) is 2.03. The topological polar surface area (TPSA) is 105 Å². The summed E-state index contributed by atoms with van der Waals surface area (Å²) in [5.41, 5.74) is 0.260. The highest BCUT2D eigenvalue weighted by Crippen LogP contribution is 2.19. The average Bonchev–Trinajstić information content (AvgIpc) is 2.63. The predicted molar refractivity (Wildman–Crippen MR) is 102 cm³/mol. The van der Waals surface area contributed by atoms with Crippen LogP contribution in [0.25, 0.3) is 0 Å². The zero-order chi connectivity index (χ0) is 20.7. The van der Waals surface area contributed by atoms with Gasteiger partial charge in [0.25, 0.3) is 0 Å². The third-order valence-electron chi connectivity index (χ3n) is 4.32. The van der Waals surface area contributed by atoms with E-state index in [1.54, 1.807) is 20.8 Å². The Bertz CT molecular complexity index is 686. The van der Waals surface area contributed by atoms with E-state index in [1.165, 1.54) is 4.90 Å². The van der Waals surface area contributed by atoms with Crippen molar-refractivity contribution in [3.8, 4) is 0 Å². The molecular weight excluding hydrogens is 364 g/mol. The highest BCUT2D eigenvalue weighted by molar-refractivity contribution is 5.75. The Morgan fingerprint density at radius 3 is 2.50 bits per heavy atom. The summed E-state index contributed by atoms with van der Waals surface area (Å²) in [6.07, 6.45) is -0.138. The summed E-state index contributed by atoms with van der Waals surface area (Å²) in [6, 6.07) is 8.85. The molecule has 0 aromatic heterocycles. The number of nitrogens with one attached hydrogen (secondary N) is 1. The van der Waals surface area contributed by atoms with E-state index < -0.39 is 35.6 Å². The maximum atomic E-state index is 12.3. The van der Waals surface area contributed by atoms with Crippen molar-refractivity contribution in [1.82, 2.24) is 10.2 Å². The fourth-order valence-corrected chi connectivity index (χ4v) is 3.02. The number of likely N-dealkylation sites (tertiary alicyclic amines) is 1. The summed E-state index contributed by atoms with van der Waals surface area (Å²) < 4.78 is 10.5. The first kappa shape index (κ1) is 21.7. The molecule has 0 saturated carbocycles. The van der Waals surface area contributed by atoms with Crippen molar-refractivity contribution in [2.24, 2.45) is 5.92 Å². The fourth-order valence-electron chi connectivity index (χ4n) is 3.02. The van der Waals surface area contributed by atoms with Crippen LogP contribution in [0.1, 0.15) is 32.8 Å². The first-order chi connectivity index (χ1) is 13.2. The zero-order valence-corrected chi connectivity index (χ0v) is 16.5. The average molecular weight is 392 g/mol. The second kappa shape index (κ2) is 9.54. The van der Waals surface area contributed by atoms with Crippen LogP contribution in [0.15, 0.2) is 30.3 Å². The van der Waals surface area contributed by atoms with E-state index in [1.807, 2.05) is 30.3 Å². The Labute approximate surface area is 164 Å². The van der Waals surface area contributed by atoms with Crippen LogP contribution < -0.4 is 5.32 Å². The number of amides is 1. The molecule has 0 spiro atoms. The van der Waals surface area contributed by atoms with Crippen LogP contribution in [0.3, 0.4) is 0 Å². The summed E-state index contributed by atoms with van der Waals surface area (Å²) in [5.74, 6) is -2.30. The number of carboxylic acid groups (broad SMARTS) is 1. The molecule has 2 rings (SSSR count). The van der Waals surface area contributed by atoms with Crippen LogP contribution in [0.4, 0.5) is 4.79 Å². The number of hydrogen-bond donors (Lipinski definition) is 2. The van der Waals surface area contributed by atoms with Gasteiger partial charge in [0.1, 0.15) is 12.2 Å². The van der Waals surface area contributed by atoms with Crippen molar-refractivity contribution in [2.45, 2.75) is 45.4 Å². The molecule has 1 fully saturated rings. The molecule has 1 aromatic rings. The zero-order valence-electron chi connectivity index (χ0n) is 16.5. The Kier molecular flexibility index (Phi) is 7.39. The van der Waals surface area contributed by atoms with Gasteiger partial charge in [-0.1, -0.05) is 30.3 Å². The van der Waals surface area contributed by atoms with Gasteiger partial charge in [-0.05, 0) is 32.8 Å². The molecule has 1 amide bonds. The minimum Gasteiger partial charge on any atom is -0.481 e. The minimum atomic E-state index is -1.03. The fraction of sp³-hybridized carbons (Fsp3) is 0.550. The number of carbonyl (C=O) groups is 3. The summed E-state index contributed by atoms with van der Waals surface area (Å²) in [6.45, 7) is 5.73. The van der Waals surface area contributed by atoms with Crippen molar-refractivity contribution < 1.29 is 29.0 Å². The number of nitrogens with zero attached hydrogens (tertiary/aromatic N) is 1. The molecule has 0 aliphatic carbocycles. The summed E-state index contributed by atoms with van der Waals surface area (Å²) in [5, 5.41) is 12.5. The molecule has 1 saturated heterocycles. The molecule has 28 heavy (non-hydrogen) atoms. The number of esters is 1. The van der Waals surface area contributed by atoms with Crippen molar-refractivity contribution >= 4 is 18.0 Å². The highest BCUT2D eigenvalue weighted by Gasteiger charge is 2.37. The van der Waals surface area contributed by atoms with E-state index in [4.69, 9.17) is 9.47 Å². The second-order valence-corrected chi connectivity index (χ2v) is 7.79. The molecule has 0 radical (unpaired) electrons. The highest BCUT2D eigenvalue weighted by atomic mass is 16.6. The van der Waals surface area contributed by atoms with E-state index in [2.05, 4.69) is 5.32 Å². The lowest BCUT2D eigenvalue weighted by molar-refractivity contribution is -0.155. The lowest BCUT2D eigenvalue weighted by Gasteiger charge is -2.36. The molecule has 8 nitrogen and oxygen atoms in total. The Balaban J connectivity index is 1.86. The molecule has 1 heterocycles. The second-order valence-electron chi connectivity index (χ2n) is 7.79. The smallest absolute Gasteiger partial charge is 0.410 e. The van der Waals surface area contributed by atoms with Gasteiger partial charge >= 0.3 is 18.0 Å². The van der Waals surface area contributed by atoms with E-state index in [9.17, 15) is 19.5 Å². The van der Waals surface area contributed by atoms with Gasteiger partial charge < -0.3 is 24.8 Å². The normalized spacial score (nSPS) is 19.8. The number of piperidine rings is 1. The van der Waals surface area contributed by atoms with Crippen LogP contribution in [-0.2, 0) is 25.7 Å². The monoisotopic (exact) mass is 392 g/mol. The molecule has 2 atom stereocenters. The van der Waals surface area contributed by atoms with Crippen LogP contribution >= 0.6 is 0 Å². The van der Waals surface area contributed by atoms with Crippen LogP contribution in [0, 0.1) is 5.92 Å². The standard InChI is InChI=1S/C20H28N2O6/c1-20(2,3)28-17(23)11-21-16-9-10-22(12-15(16)18(24)25)19(26)27-13-14-7-5-4-6-8-14/h4-8,15-16,21H,9-13H2,1-3H3,(H,24,25)/t15-,16-/m0/s1. The number of ether oxygens (including phenoxy) is 2. The van der Waals surface area contributed by atoms with E-state index in [0.717, 1.165) is 5.56 Å². The van der Waals surface area contributed by atoms with Gasteiger partial charge in [-0.15, -0.1) is 0 Å². The maximum Gasteiger partial charge on any atom is 0.410 e. The Hall–Kier alpha value is -2.61. The molecule has 8 heteroatoms. The van der Waals surface area contributed by atoms with Gasteiger partial charge in [-0.25, -0.2) is 4.79 Å². The summed E-state index contributed by atoms with van der Waals surface area (Å²) >= 11 is 0. The van der Waals surface area contributed by atoms with Gasteiger partial charge in [0.15, 0.2) is 0 Å². The molecule has 0 bridgehead atoms. The number of carbonyl (C=O) groups excluding carboxylic acids is 2. The number of carboxylic acids is 1. The Morgan fingerprint density at radius 1 is 1.21 bits per heavy atom. The molecule has 1 aliphatic heterocycles. The van der Waals surface area contributed by atoms with E-state index >= 15 is 0 Å². The van der Waals surface area contributed by atoms with Gasteiger partial charge in [0, 0.05) is 19.1 Å². The first-order valence-corrected chi connectivity index (χ1v) is 9.29. The molecule has 1 aliphatic rings. The lowest BCUT2D eigenvalue weighted by atomic mass is 9.92. The van der Waals surface area contributed by atoms with Gasteiger partial charge in [-0.2, -0.15) is 0 Å². The Morgan fingerprint density at radius 2 is 1.89 bits per heavy atom. The van der Waals surface area contributed by atoms with Crippen molar-refractivity contribution in [1.29, 1.82) is 0 Å². The van der Waals surface area contributed by atoms with Crippen molar-refractivity contribution in [2.75, 3.05) is 19.6 Å². The van der Waals surface area contributed by atoms with E-state index in [-0.39, 0.29) is 19.7 Å². The van der Waals surface area contributed by atoms with Crippen molar-refractivity contribution in [3.63, 3.8) is 0 Å². The SMILES string of the molecule is CC(C)(C)OC(=O)CN[C@H]1CCN(C(=O)OCc2ccccc2)C[C@@H]1C(=O)O. The molecule has 1 aromatic carbocycles. The van der Waals surface area contributed by atoms with Gasteiger partial charge in [0.2, 0.25) is 0 Å². The third kappa shape index (κ3) is 6.84. The van der Waals surface area contributed by atoms with Gasteiger partial charge in [0.05, 0.1) is 12.5 Å². The molecule has 2 N–H and O–H groups in total. The number of benzene rings is 1. The van der Waals surface area contributed by atoms with Crippen LogP contribution in [-0.4, -0.2) is 59.3 Å². The number of aliphatic carboxylic acids is 1. The lowest BCUT2D eigenvalue weighted by Crippen LogP contribution is -2.54. The third-order valence-corrected chi connectivity index (χ3v) is 4.32. The summed E-state index contributed by atoms with van der Waals surface area (Å²) in [7, 11) is 0. The molecule has 154 valence electrons. The summed E-state index contributed by atoms with van der Waals surface area (Å²) in [4.78, 5) is 37.2. The quantitative estimate of drug-likeness (QED) is 0.714. The largest absolute Gasteiger partial charge is 0.481 e. The first-order valence-electron chi connectivity index (χ1n) is 9.29. The van der Waals surface area contributed by atoms with Crippen molar-refractivity contribution in [3.05, 3.63) is 35.9 Å². The maximum absolute atomic E-state index is 12.3. The molecular formula is C20H28N2O6. The van der Waals surface area contributed by atoms with Crippen LogP contribution in [0.2, 0.25) is 0 Å². The minimum absolute atomic E-state index is 0.0228.